The molecule has 24 heavy (non-hydrogen) atoms. The van der Waals surface area contributed by atoms with Crippen LogP contribution in [0, 0.1) is 6.92 Å². The maximum atomic E-state index is 12.8. The number of nitrogens with two attached hydrogens (primary N) is 1. The van der Waals surface area contributed by atoms with Crippen LogP contribution in [0.3, 0.4) is 0 Å². The average molecular weight is 356 g/mol. The summed E-state index contributed by atoms with van der Waals surface area (Å²) >= 11 is 0. The average Bonchev–Trinajstić information content (AvgIpc) is 2.52. The molecule has 0 amide bonds. The Morgan fingerprint density at radius 1 is 1.21 bits per heavy atom. The van der Waals surface area contributed by atoms with E-state index in [9.17, 15) is 17.4 Å². The van der Waals surface area contributed by atoms with E-state index in [4.69, 9.17) is 5.14 Å². The predicted molar refractivity (Wildman–Crippen MR) is 88.7 cm³/mol. The molecule has 3 atom stereocenters. The van der Waals surface area contributed by atoms with Crippen molar-refractivity contribution in [3.63, 3.8) is 0 Å². The highest BCUT2D eigenvalue weighted by atomic mass is 32.2. The molecule has 0 aliphatic carbocycles. The molecule has 0 bridgehead atoms. The minimum absolute atomic E-state index is 0.268. The van der Waals surface area contributed by atoms with Crippen molar-refractivity contribution in [2.45, 2.75) is 37.6 Å². The number of hydrogen-bond acceptors (Lipinski definition) is 2. The smallest absolute Gasteiger partial charge is 0.260 e. The van der Waals surface area contributed by atoms with Gasteiger partial charge in [-0.25, -0.2) is 4.21 Å². The Kier molecular flexibility index (Phi) is 5.77. The molecule has 7 heteroatoms. The molecule has 0 radical (unpaired) electrons. The first-order valence-corrected chi connectivity index (χ1v) is 8.71. The molecule has 2 N–H and O–H groups in total. The van der Waals surface area contributed by atoms with Gasteiger partial charge in [-0.1, -0.05) is 18.2 Å². The molecule has 2 unspecified atom stereocenters. The first-order valence-electron chi connectivity index (χ1n) is 7.43. The zero-order chi connectivity index (χ0) is 17.9. The van der Waals surface area contributed by atoms with E-state index >= 15 is 0 Å². The topological polar surface area (TPSA) is 56.0 Å². The summed E-state index contributed by atoms with van der Waals surface area (Å²) in [5.41, 5.74) is 1.69. The SMILES string of the molecule is Cc1cccnc1[C@@H](CC(C)S(N)=O)c1ccc(C(F)(F)F)cc1. The van der Waals surface area contributed by atoms with E-state index in [-0.39, 0.29) is 11.2 Å². The number of nitrogens with zero attached hydrogens (tertiary/aromatic N) is 1. The summed E-state index contributed by atoms with van der Waals surface area (Å²) in [5.74, 6) is -0.268. The Balaban J connectivity index is 2.42. The lowest BCUT2D eigenvalue weighted by molar-refractivity contribution is -0.137. The first-order chi connectivity index (χ1) is 11.2. The molecular weight excluding hydrogens is 337 g/mol. The maximum absolute atomic E-state index is 12.8. The van der Waals surface area contributed by atoms with E-state index in [1.807, 2.05) is 13.0 Å². The molecular formula is C17H19F3N2OS. The normalized spacial score (nSPS) is 15.8. The molecule has 2 rings (SSSR count). The highest BCUT2D eigenvalue weighted by Crippen LogP contribution is 2.34. The summed E-state index contributed by atoms with van der Waals surface area (Å²) in [6, 6.07) is 8.72. The van der Waals surface area contributed by atoms with Gasteiger partial charge in [-0.2, -0.15) is 13.2 Å². The fourth-order valence-electron chi connectivity index (χ4n) is 2.60. The van der Waals surface area contributed by atoms with Crippen LogP contribution in [0.1, 0.15) is 41.6 Å². The van der Waals surface area contributed by atoms with Gasteiger partial charge < -0.3 is 0 Å². The second-order valence-electron chi connectivity index (χ2n) is 5.75. The third kappa shape index (κ3) is 4.42. The Morgan fingerprint density at radius 3 is 2.33 bits per heavy atom. The molecule has 2 aromatic rings. The van der Waals surface area contributed by atoms with E-state index in [0.29, 0.717) is 12.0 Å². The number of benzene rings is 1. The van der Waals surface area contributed by atoms with Gasteiger partial charge in [0.2, 0.25) is 0 Å². The van der Waals surface area contributed by atoms with Crippen LogP contribution in [0.15, 0.2) is 42.6 Å². The lowest BCUT2D eigenvalue weighted by atomic mass is 9.88. The van der Waals surface area contributed by atoms with E-state index in [1.54, 1.807) is 19.2 Å². The summed E-state index contributed by atoms with van der Waals surface area (Å²) in [4.78, 5) is 4.38. The van der Waals surface area contributed by atoms with Crippen LogP contribution in [-0.4, -0.2) is 14.4 Å². The number of alkyl halides is 3. The quantitative estimate of drug-likeness (QED) is 0.882. The van der Waals surface area contributed by atoms with E-state index in [0.717, 1.165) is 23.4 Å². The fraction of sp³-hybridized carbons (Fsp3) is 0.353. The summed E-state index contributed by atoms with van der Waals surface area (Å²) in [5, 5.41) is 5.16. The van der Waals surface area contributed by atoms with Gasteiger partial charge in [-0.15, -0.1) is 0 Å². The lowest BCUT2D eigenvalue weighted by Crippen LogP contribution is -2.22. The van der Waals surface area contributed by atoms with Crippen molar-refractivity contribution in [2.24, 2.45) is 5.14 Å². The van der Waals surface area contributed by atoms with Crippen molar-refractivity contribution in [2.75, 3.05) is 0 Å². The van der Waals surface area contributed by atoms with Gasteiger partial charge in [0.15, 0.2) is 0 Å². The summed E-state index contributed by atoms with van der Waals surface area (Å²) < 4.78 is 49.8. The monoisotopic (exact) mass is 356 g/mol. The molecule has 0 aliphatic rings. The Hall–Kier alpha value is -1.73. The van der Waals surface area contributed by atoms with Crippen LogP contribution in [-0.2, 0) is 17.2 Å². The van der Waals surface area contributed by atoms with Crippen molar-refractivity contribution in [1.82, 2.24) is 4.98 Å². The Morgan fingerprint density at radius 2 is 1.83 bits per heavy atom. The van der Waals surface area contributed by atoms with Gasteiger partial charge in [0, 0.05) is 17.4 Å². The van der Waals surface area contributed by atoms with E-state index in [2.05, 4.69) is 4.98 Å². The van der Waals surface area contributed by atoms with Gasteiger partial charge in [-0.3, -0.25) is 10.1 Å². The summed E-state index contributed by atoms with van der Waals surface area (Å²) in [7, 11) is -1.51. The van der Waals surface area contributed by atoms with Crippen molar-refractivity contribution >= 4 is 11.0 Å². The lowest BCUT2D eigenvalue weighted by Gasteiger charge is -2.22. The van der Waals surface area contributed by atoms with Crippen molar-refractivity contribution in [3.8, 4) is 0 Å². The number of aromatic nitrogens is 1. The molecule has 130 valence electrons. The second-order valence-corrected chi connectivity index (χ2v) is 7.21. The largest absolute Gasteiger partial charge is 0.416 e. The maximum Gasteiger partial charge on any atom is 0.416 e. The number of aryl methyl sites for hydroxylation is 1. The third-order valence-electron chi connectivity index (χ3n) is 3.98. The Labute approximate surface area is 141 Å². The predicted octanol–water partition coefficient (Wildman–Crippen LogP) is 3.94. The van der Waals surface area contributed by atoms with Crippen LogP contribution in [0.5, 0.6) is 0 Å². The van der Waals surface area contributed by atoms with Gasteiger partial charge in [-0.05, 0) is 49.6 Å². The second kappa shape index (κ2) is 7.44. The zero-order valence-electron chi connectivity index (χ0n) is 13.4. The van der Waals surface area contributed by atoms with Crippen LogP contribution in [0.25, 0.3) is 0 Å². The highest BCUT2D eigenvalue weighted by Gasteiger charge is 2.31. The van der Waals surface area contributed by atoms with Crippen molar-refractivity contribution in [3.05, 3.63) is 65.0 Å². The van der Waals surface area contributed by atoms with Crippen LogP contribution < -0.4 is 5.14 Å². The summed E-state index contributed by atoms with van der Waals surface area (Å²) in [6.45, 7) is 3.65. The number of pyridine rings is 1. The van der Waals surface area contributed by atoms with Crippen LogP contribution in [0.2, 0.25) is 0 Å². The molecule has 0 fully saturated rings. The standard InChI is InChI=1S/C17H19F3N2OS/c1-11-4-3-9-22-16(11)15(10-12(2)24(21)23)13-5-7-14(8-6-13)17(18,19)20/h3-9,12,15H,10,21H2,1-2H3/t12?,15-,24?/m0/s1. The Bertz CT molecular complexity index is 717. The van der Waals surface area contributed by atoms with Gasteiger partial charge in [0.1, 0.15) is 0 Å². The van der Waals surface area contributed by atoms with Crippen LogP contribution in [0.4, 0.5) is 13.2 Å². The number of hydrogen-bond donors (Lipinski definition) is 1. The van der Waals surface area contributed by atoms with Gasteiger partial charge in [0.25, 0.3) is 0 Å². The highest BCUT2D eigenvalue weighted by molar-refractivity contribution is 7.83. The van der Waals surface area contributed by atoms with Gasteiger partial charge >= 0.3 is 6.18 Å². The molecule has 0 saturated carbocycles. The molecule has 0 spiro atoms. The molecule has 0 aliphatic heterocycles. The minimum Gasteiger partial charge on any atom is -0.260 e. The van der Waals surface area contributed by atoms with Crippen LogP contribution >= 0.6 is 0 Å². The molecule has 3 nitrogen and oxygen atoms in total. The number of halogens is 3. The molecule has 0 saturated heterocycles. The van der Waals surface area contributed by atoms with E-state index in [1.165, 1.54) is 12.1 Å². The molecule has 1 heterocycles. The molecule has 1 aromatic carbocycles. The first kappa shape index (κ1) is 18.6. The third-order valence-corrected chi connectivity index (χ3v) is 4.97. The van der Waals surface area contributed by atoms with Crippen molar-refractivity contribution in [1.29, 1.82) is 0 Å². The van der Waals surface area contributed by atoms with E-state index < -0.39 is 22.7 Å². The summed E-state index contributed by atoms with van der Waals surface area (Å²) in [6.07, 6.45) is -2.29. The fourth-order valence-corrected chi connectivity index (χ4v) is 2.98. The van der Waals surface area contributed by atoms with Crippen molar-refractivity contribution < 1.29 is 17.4 Å². The zero-order valence-corrected chi connectivity index (χ0v) is 14.2. The molecule has 1 aromatic heterocycles. The minimum atomic E-state index is -4.37. The number of rotatable bonds is 5. The van der Waals surface area contributed by atoms with Gasteiger partial charge in [0.05, 0.1) is 22.2 Å².